The van der Waals surface area contributed by atoms with E-state index in [0.29, 0.717) is 0 Å². The molecule has 0 spiro atoms. The summed E-state index contributed by atoms with van der Waals surface area (Å²) in [4.78, 5) is 0. The van der Waals surface area contributed by atoms with Crippen molar-refractivity contribution in [2.45, 2.75) is 51.7 Å². The van der Waals surface area contributed by atoms with Crippen LogP contribution in [0.15, 0.2) is 25.0 Å². The van der Waals surface area contributed by atoms with Gasteiger partial charge in [0.05, 0.1) is 12.8 Å². The van der Waals surface area contributed by atoms with Crippen molar-refractivity contribution in [3.05, 3.63) is 25.0 Å². The highest BCUT2D eigenvalue weighted by molar-refractivity contribution is 4.87. The normalized spacial score (nSPS) is 25.9. The molecular formula is C16H32NO3+. The second kappa shape index (κ2) is 9.97. The Hall–Kier alpha value is -0.840. The van der Waals surface area contributed by atoms with Gasteiger partial charge in [0.15, 0.2) is 6.10 Å². The van der Waals surface area contributed by atoms with Crippen LogP contribution in [0.5, 0.6) is 0 Å². The van der Waals surface area contributed by atoms with Gasteiger partial charge in [-0.25, -0.2) is 0 Å². The molecule has 0 aromatic heterocycles. The Bertz CT molecular complexity index is 285. The Morgan fingerprint density at radius 3 is 2.35 bits per heavy atom. The van der Waals surface area contributed by atoms with Gasteiger partial charge in [-0.05, 0) is 32.6 Å². The molecule has 4 heteroatoms. The lowest BCUT2D eigenvalue weighted by Gasteiger charge is -2.49. The van der Waals surface area contributed by atoms with E-state index in [9.17, 15) is 10.2 Å². The van der Waals surface area contributed by atoms with E-state index < -0.39 is 0 Å². The quantitative estimate of drug-likeness (QED) is 0.278. The van der Waals surface area contributed by atoms with Gasteiger partial charge in [-0.1, -0.05) is 19.1 Å². The first-order chi connectivity index (χ1) is 9.39. The number of hydrogen-bond acceptors (Lipinski definition) is 3. The van der Waals surface area contributed by atoms with E-state index in [1.165, 1.54) is 12.0 Å². The third-order valence-corrected chi connectivity index (χ3v) is 3.75. The van der Waals surface area contributed by atoms with Crippen LogP contribution in [0.2, 0.25) is 0 Å². The fraction of sp³-hybridized carbons (Fsp3) is 0.750. The molecule has 1 unspecified atom stereocenters. The van der Waals surface area contributed by atoms with Gasteiger partial charge in [0.2, 0.25) is 0 Å². The highest BCUT2D eigenvalue weighted by Gasteiger charge is 2.43. The number of likely N-dealkylation sites (tertiary alicyclic amines) is 1. The average Bonchev–Trinajstić information content (AvgIpc) is 2.33. The Labute approximate surface area is 123 Å². The molecule has 1 fully saturated rings. The third-order valence-electron chi connectivity index (χ3n) is 3.75. The number of rotatable bonds is 8. The molecule has 0 amide bonds. The van der Waals surface area contributed by atoms with Gasteiger partial charge in [-0.2, -0.15) is 0 Å². The number of aliphatic hydroxyl groups excluding tert-OH is 3. The van der Waals surface area contributed by atoms with Gasteiger partial charge in [-0.15, -0.1) is 6.58 Å². The SMILES string of the molecule is C=C(C)CCCC[N+]1(CC(O)CC)CC(O)C1.C=CO. The van der Waals surface area contributed by atoms with Gasteiger partial charge in [-0.3, -0.25) is 0 Å². The Morgan fingerprint density at radius 2 is 1.95 bits per heavy atom. The van der Waals surface area contributed by atoms with E-state index in [4.69, 9.17) is 5.11 Å². The van der Waals surface area contributed by atoms with E-state index in [1.807, 2.05) is 6.92 Å². The zero-order valence-corrected chi connectivity index (χ0v) is 13.1. The van der Waals surface area contributed by atoms with Crippen LogP contribution >= 0.6 is 0 Å². The summed E-state index contributed by atoms with van der Waals surface area (Å²) < 4.78 is 0.909. The highest BCUT2D eigenvalue weighted by atomic mass is 16.3. The summed E-state index contributed by atoms with van der Waals surface area (Å²) in [6.07, 6.45) is 4.62. The molecule has 0 aromatic carbocycles. The lowest BCUT2D eigenvalue weighted by molar-refractivity contribution is -0.974. The van der Waals surface area contributed by atoms with Crippen molar-refractivity contribution in [3.63, 3.8) is 0 Å². The maximum absolute atomic E-state index is 9.78. The molecule has 20 heavy (non-hydrogen) atoms. The number of quaternary nitrogens is 1. The van der Waals surface area contributed by atoms with Crippen molar-refractivity contribution in [2.24, 2.45) is 0 Å². The van der Waals surface area contributed by atoms with Crippen molar-refractivity contribution in [1.29, 1.82) is 0 Å². The molecule has 4 nitrogen and oxygen atoms in total. The van der Waals surface area contributed by atoms with Crippen LogP contribution in [0.3, 0.4) is 0 Å². The van der Waals surface area contributed by atoms with Gasteiger partial charge < -0.3 is 19.8 Å². The molecule has 1 heterocycles. The molecule has 1 saturated heterocycles. The molecule has 0 bridgehead atoms. The lowest BCUT2D eigenvalue weighted by Crippen LogP contribution is -2.68. The third kappa shape index (κ3) is 7.68. The van der Waals surface area contributed by atoms with Crippen molar-refractivity contribution in [2.75, 3.05) is 26.2 Å². The van der Waals surface area contributed by atoms with E-state index in [2.05, 4.69) is 20.1 Å². The topological polar surface area (TPSA) is 60.7 Å². The van der Waals surface area contributed by atoms with Gasteiger partial charge >= 0.3 is 0 Å². The predicted molar refractivity (Wildman–Crippen MR) is 83.5 cm³/mol. The maximum atomic E-state index is 9.78. The fourth-order valence-electron chi connectivity index (χ4n) is 2.71. The molecule has 118 valence electrons. The lowest BCUT2D eigenvalue weighted by atomic mass is 10.0. The van der Waals surface area contributed by atoms with E-state index >= 15 is 0 Å². The number of aliphatic hydroxyl groups is 3. The van der Waals surface area contributed by atoms with E-state index in [0.717, 1.165) is 56.2 Å². The standard InChI is InChI=1S/C14H28NO2.C2H4O/c1-4-13(16)9-15(10-14(17)11-15)8-6-5-7-12(2)3;1-2-3/h13-14,16-17H,2,4-11H2,1,3H3;2-3H,1H2/q+1;. The van der Waals surface area contributed by atoms with Crippen LogP contribution < -0.4 is 0 Å². The van der Waals surface area contributed by atoms with Crippen molar-refractivity contribution in [3.8, 4) is 0 Å². The maximum Gasteiger partial charge on any atom is 0.152 e. The Balaban J connectivity index is 0.00000110. The van der Waals surface area contributed by atoms with Crippen molar-refractivity contribution < 1.29 is 19.8 Å². The summed E-state index contributed by atoms with van der Waals surface area (Å²) in [6, 6.07) is 0. The number of allylic oxidation sites excluding steroid dienone is 1. The predicted octanol–water partition coefficient (Wildman–Crippen LogP) is 2.38. The smallest absolute Gasteiger partial charge is 0.152 e. The molecule has 1 aliphatic rings. The highest BCUT2D eigenvalue weighted by Crippen LogP contribution is 2.23. The minimum absolute atomic E-state index is 0.153. The first kappa shape index (κ1) is 19.2. The van der Waals surface area contributed by atoms with Gasteiger partial charge in [0, 0.05) is 0 Å². The Kier molecular flexibility index (Phi) is 9.55. The first-order valence-electron chi connectivity index (χ1n) is 7.49. The number of unbranched alkanes of at least 4 members (excludes halogenated alkanes) is 1. The van der Waals surface area contributed by atoms with Crippen molar-refractivity contribution in [1.82, 2.24) is 0 Å². The van der Waals surface area contributed by atoms with Crippen molar-refractivity contribution >= 4 is 0 Å². The monoisotopic (exact) mass is 286 g/mol. The van der Waals surface area contributed by atoms with E-state index in [-0.39, 0.29) is 12.2 Å². The Morgan fingerprint density at radius 1 is 1.40 bits per heavy atom. The summed E-state index contributed by atoms with van der Waals surface area (Å²) >= 11 is 0. The summed E-state index contributed by atoms with van der Waals surface area (Å²) in [5.41, 5.74) is 1.24. The van der Waals surface area contributed by atoms with E-state index in [1.54, 1.807) is 0 Å². The molecule has 0 aliphatic carbocycles. The second-order valence-electron chi connectivity index (χ2n) is 5.93. The molecule has 3 N–H and O–H groups in total. The van der Waals surface area contributed by atoms with Crippen LogP contribution in [0.1, 0.15) is 39.5 Å². The molecule has 0 saturated carbocycles. The number of hydrogen-bond donors (Lipinski definition) is 3. The minimum atomic E-state index is -0.219. The van der Waals surface area contributed by atoms with Crippen LogP contribution in [0.4, 0.5) is 0 Å². The zero-order valence-electron chi connectivity index (χ0n) is 13.1. The minimum Gasteiger partial charge on any atom is -0.516 e. The van der Waals surface area contributed by atoms with Gasteiger partial charge in [0.25, 0.3) is 0 Å². The van der Waals surface area contributed by atoms with Crippen LogP contribution in [0, 0.1) is 0 Å². The zero-order chi connectivity index (χ0) is 15.6. The second-order valence-corrected chi connectivity index (χ2v) is 5.93. The summed E-state index contributed by atoms with van der Waals surface area (Å²) in [5, 5.41) is 26.6. The number of nitrogens with zero attached hydrogens (tertiary/aromatic N) is 1. The van der Waals surface area contributed by atoms with Crippen LogP contribution in [-0.2, 0) is 0 Å². The molecule has 1 aliphatic heterocycles. The largest absolute Gasteiger partial charge is 0.516 e. The van der Waals surface area contributed by atoms with Gasteiger partial charge in [0.1, 0.15) is 25.7 Å². The molecule has 0 radical (unpaired) electrons. The molecular weight excluding hydrogens is 254 g/mol. The molecule has 1 atom stereocenters. The average molecular weight is 286 g/mol. The first-order valence-corrected chi connectivity index (χ1v) is 7.49. The fourth-order valence-corrected chi connectivity index (χ4v) is 2.71. The summed E-state index contributed by atoms with van der Waals surface area (Å²) in [6.45, 7) is 14.4. The summed E-state index contributed by atoms with van der Waals surface area (Å²) in [7, 11) is 0. The van der Waals surface area contributed by atoms with Crippen LogP contribution in [0.25, 0.3) is 0 Å². The molecule has 0 aromatic rings. The summed E-state index contributed by atoms with van der Waals surface area (Å²) in [5.74, 6) is 0. The van der Waals surface area contributed by atoms with Crippen LogP contribution in [-0.4, -0.2) is 58.2 Å². The molecule has 1 rings (SSSR count).